The Balaban J connectivity index is -0.0000000720. The predicted octanol–water partition coefficient (Wildman–Crippen LogP) is -4.90. The van der Waals surface area contributed by atoms with Crippen molar-refractivity contribution < 1.29 is 49.5 Å². The first kappa shape index (κ1) is 15.7. The maximum absolute atomic E-state index is 8.33. The number of carbonyl (C=O) groups excluding carboxylic acids is 2. The van der Waals surface area contributed by atoms with E-state index in [2.05, 4.69) is 0 Å². The Bertz CT molecular complexity index is 69.1. The average molecular weight is 185 g/mol. The van der Waals surface area contributed by atoms with Gasteiger partial charge in [-0.2, -0.15) is 0 Å². The van der Waals surface area contributed by atoms with E-state index >= 15 is 0 Å². The van der Waals surface area contributed by atoms with Crippen molar-refractivity contribution in [1.82, 2.24) is 0 Å². The van der Waals surface area contributed by atoms with Crippen molar-refractivity contribution in [3.63, 3.8) is 0 Å². The molecule has 0 atom stereocenters. The summed E-state index contributed by atoms with van der Waals surface area (Å²) in [4.78, 5) is 16.7. The fraction of sp³-hybridized carbons (Fsp3) is 0. The van der Waals surface area contributed by atoms with Crippen LogP contribution >= 0.6 is 0 Å². The van der Waals surface area contributed by atoms with Gasteiger partial charge >= 0.3 is 19.5 Å². The second-order valence-electron chi connectivity index (χ2n) is 0.500. The molecule has 6 nitrogen and oxygen atoms in total. The van der Waals surface area contributed by atoms with Crippen molar-refractivity contribution in [2.45, 2.75) is 0 Å². The molecule has 48 valence electrons. The van der Waals surface area contributed by atoms with Crippen LogP contribution in [-0.4, -0.2) is 12.3 Å². The third kappa shape index (κ3) is 273. The van der Waals surface area contributed by atoms with Crippen LogP contribution < -0.4 is 20.4 Å². The van der Waals surface area contributed by atoms with E-state index in [9.17, 15) is 0 Å². The molecule has 0 aromatic carbocycles. The summed E-state index contributed by atoms with van der Waals surface area (Å²) in [7, 11) is 0. The summed E-state index contributed by atoms with van der Waals surface area (Å²) < 4.78 is 0. The van der Waals surface area contributed by atoms with Crippen molar-refractivity contribution in [3.8, 4) is 0 Å². The second-order valence-corrected chi connectivity index (χ2v) is 0.500. The van der Waals surface area contributed by atoms with Gasteiger partial charge in [-0.05, 0) is 12.3 Å². The summed E-state index contributed by atoms with van der Waals surface area (Å²) in [6, 6.07) is 0. The molecule has 0 saturated carbocycles. The summed E-state index contributed by atoms with van der Waals surface area (Å²) in [6.07, 6.45) is -4.67. The van der Waals surface area contributed by atoms with Crippen LogP contribution in [-0.2, 0) is 19.5 Å². The maximum Gasteiger partial charge on any atom is 2.00 e. The topological polar surface area (TPSA) is 126 Å². The molecular formula is C2O6Zn-2. The van der Waals surface area contributed by atoms with E-state index in [1.807, 2.05) is 0 Å². The summed E-state index contributed by atoms with van der Waals surface area (Å²) in [5, 5.41) is 33.3. The Morgan fingerprint density at radius 3 is 0.778 bits per heavy atom. The van der Waals surface area contributed by atoms with E-state index in [1.54, 1.807) is 0 Å². The number of carboxylic acid groups (broad SMARTS) is 4. The Labute approximate surface area is 62.5 Å². The molecule has 0 aromatic rings. The van der Waals surface area contributed by atoms with Crippen molar-refractivity contribution in [1.29, 1.82) is 0 Å². The Kier molecular flexibility index (Phi) is 17.8. The quantitative estimate of drug-likeness (QED) is 0.348. The van der Waals surface area contributed by atoms with Gasteiger partial charge in [-0.25, -0.2) is 0 Å². The Morgan fingerprint density at radius 1 is 0.778 bits per heavy atom. The molecule has 9 heavy (non-hydrogen) atoms. The molecule has 0 aliphatic carbocycles. The van der Waals surface area contributed by atoms with E-state index in [0.717, 1.165) is 0 Å². The van der Waals surface area contributed by atoms with Crippen LogP contribution in [0.15, 0.2) is 0 Å². The molecule has 0 aliphatic heterocycles. The third-order valence-corrected chi connectivity index (χ3v) is 0. The minimum absolute atomic E-state index is 0. The third-order valence-electron chi connectivity index (χ3n) is 0. The molecule has 0 amide bonds. The van der Waals surface area contributed by atoms with Gasteiger partial charge in [-0.15, -0.1) is 0 Å². The van der Waals surface area contributed by atoms with E-state index in [1.165, 1.54) is 0 Å². The molecule has 0 saturated heterocycles. The van der Waals surface area contributed by atoms with Gasteiger partial charge in [0, 0.05) is 0 Å². The average Bonchev–Trinajstić information content (AvgIpc) is 1.25. The number of hydrogen-bond donors (Lipinski definition) is 0. The van der Waals surface area contributed by atoms with Gasteiger partial charge in [0.1, 0.15) is 0 Å². The van der Waals surface area contributed by atoms with Gasteiger partial charge in [0.25, 0.3) is 0 Å². The van der Waals surface area contributed by atoms with Crippen molar-refractivity contribution >= 4 is 12.3 Å². The first-order valence-electron chi connectivity index (χ1n) is 1.22. The van der Waals surface area contributed by atoms with Crippen LogP contribution in [0, 0.1) is 0 Å². The molecule has 7 heteroatoms. The largest absolute Gasteiger partial charge is 2.00 e. The van der Waals surface area contributed by atoms with Crippen molar-refractivity contribution in [2.75, 3.05) is 0 Å². The van der Waals surface area contributed by atoms with Crippen LogP contribution in [0.5, 0.6) is 0 Å². The van der Waals surface area contributed by atoms with Gasteiger partial charge in [-0.3, -0.25) is 0 Å². The maximum atomic E-state index is 8.33. The minimum Gasteiger partial charge on any atom is -0.652 e. The zero-order chi connectivity index (χ0) is 7.15. The van der Waals surface area contributed by atoms with Crippen LogP contribution in [0.25, 0.3) is 0 Å². The molecule has 0 N–H and O–H groups in total. The van der Waals surface area contributed by atoms with Crippen molar-refractivity contribution in [2.24, 2.45) is 0 Å². The zero-order valence-electron chi connectivity index (χ0n) is 4.16. The van der Waals surface area contributed by atoms with E-state index in [0.29, 0.717) is 0 Å². The fourth-order valence-corrected chi connectivity index (χ4v) is 0. The van der Waals surface area contributed by atoms with Crippen molar-refractivity contribution in [3.05, 3.63) is 0 Å². The molecule has 0 aliphatic rings. The zero-order valence-corrected chi connectivity index (χ0v) is 7.12. The molecule has 0 radical (unpaired) electrons. The summed E-state index contributed by atoms with van der Waals surface area (Å²) in [5.41, 5.74) is 0. The van der Waals surface area contributed by atoms with Crippen LogP contribution in [0.3, 0.4) is 0 Å². The Hall–Kier alpha value is -0.837. The van der Waals surface area contributed by atoms with Crippen LogP contribution in [0.4, 0.5) is 9.59 Å². The van der Waals surface area contributed by atoms with Crippen LogP contribution in [0.2, 0.25) is 0 Å². The molecule has 0 heterocycles. The van der Waals surface area contributed by atoms with Gasteiger partial charge < -0.3 is 30.0 Å². The summed E-state index contributed by atoms with van der Waals surface area (Å²) >= 11 is 0. The molecule has 0 bridgehead atoms. The van der Waals surface area contributed by atoms with E-state index in [-0.39, 0.29) is 19.5 Å². The number of carbonyl (C=O) groups is 2. The second kappa shape index (κ2) is 10.2. The molecular weight excluding hydrogens is 185 g/mol. The first-order valence-corrected chi connectivity index (χ1v) is 1.22. The number of rotatable bonds is 0. The van der Waals surface area contributed by atoms with E-state index in [4.69, 9.17) is 30.0 Å². The minimum atomic E-state index is -2.33. The summed E-state index contributed by atoms with van der Waals surface area (Å²) in [6.45, 7) is 0. The normalized spacial score (nSPS) is 5.33. The smallest absolute Gasteiger partial charge is 0.652 e. The Morgan fingerprint density at radius 2 is 0.778 bits per heavy atom. The summed E-state index contributed by atoms with van der Waals surface area (Å²) in [5.74, 6) is 0. The first-order chi connectivity index (χ1) is 3.46. The fourth-order valence-electron chi connectivity index (χ4n) is 0. The molecule has 0 fully saturated rings. The standard InChI is InChI=1S/2CH2O3.Zn/c2*2-1(3)4;/h2*(H2,2,3,4);/q;;+2/p-4. The molecule has 0 rings (SSSR count). The van der Waals surface area contributed by atoms with Gasteiger partial charge in [0.15, 0.2) is 0 Å². The SMILES string of the molecule is O=C([O-])[O-].O=C([O-])[O-].[Zn+2]. The van der Waals surface area contributed by atoms with Gasteiger partial charge in [0.05, 0.1) is 0 Å². The monoisotopic (exact) mass is 184 g/mol. The number of hydrogen-bond acceptors (Lipinski definition) is 6. The molecule has 0 spiro atoms. The molecule has 0 unspecified atom stereocenters. The van der Waals surface area contributed by atoms with Gasteiger partial charge in [0.2, 0.25) is 0 Å². The van der Waals surface area contributed by atoms with Crippen LogP contribution in [0.1, 0.15) is 0 Å². The van der Waals surface area contributed by atoms with Gasteiger partial charge in [-0.1, -0.05) is 0 Å². The van der Waals surface area contributed by atoms with E-state index < -0.39 is 12.3 Å². The predicted molar refractivity (Wildman–Crippen MR) is 10.8 cm³/mol. The molecule has 0 aromatic heterocycles.